The predicted octanol–water partition coefficient (Wildman–Crippen LogP) is 7.25. The second kappa shape index (κ2) is 10.6. The number of alkyl halides is 5. The van der Waals surface area contributed by atoms with Crippen LogP contribution in [0.4, 0.5) is 27.6 Å². The summed E-state index contributed by atoms with van der Waals surface area (Å²) in [5, 5.41) is 12.8. The van der Waals surface area contributed by atoms with Crippen LogP contribution < -0.4 is 11.1 Å². The Balaban J connectivity index is 0.000000406. The smallest absolute Gasteiger partial charge is 0.475 e. The summed E-state index contributed by atoms with van der Waals surface area (Å²) in [7, 11) is 0. The zero-order valence-corrected chi connectivity index (χ0v) is 21.1. The van der Waals surface area contributed by atoms with Gasteiger partial charge >= 0.3 is 12.1 Å². The molecule has 4 rings (SSSR count). The molecule has 34 heavy (non-hydrogen) atoms. The summed E-state index contributed by atoms with van der Waals surface area (Å²) < 4.78 is 62.5. The zero-order chi connectivity index (χ0) is 25.3. The van der Waals surface area contributed by atoms with E-state index in [0.29, 0.717) is 39.4 Å². The third kappa shape index (κ3) is 6.17. The molecule has 3 heterocycles. The minimum absolute atomic E-state index is 0.135. The van der Waals surface area contributed by atoms with E-state index in [-0.39, 0.29) is 6.42 Å². The Bertz CT molecular complexity index is 1160. The lowest BCUT2D eigenvalue weighted by atomic mass is 9.81. The van der Waals surface area contributed by atoms with Crippen LogP contribution in [-0.4, -0.2) is 34.2 Å². The number of nitrogens with one attached hydrogen (secondary N) is 1. The number of fused-ring (bicyclic) bond motifs is 1. The van der Waals surface area contributed by atoms with Crippen molar-refractivity contribution in [1.82, 2.24) is 4.98 Å². The van der Waals surface area contributed by atoms with Crippen molar-refractivity contribution in [3.63, 3.8) is 0 Å². The first-order valence-corrected chi connectivity index (χ1v) is 12.7. The summed E-state index contributed by atoms with van der Waals surface area (Å²) in [6.07, 6.45) is -4.17. The number of nitrogens with two attached hydrogens (primary N) is 1. The SMILES string of the molecule is N[C@@H]1CCCC(F)(F)[C@H]1c1sc2c(NCc3cccs3)cc(Cl)nc2c1Br.O=C(O)C(F)(F)F. The molecule has 3 aromatic heterocycles. The van der Waals surface area contributed by atoms with E-state index >= 15 is 0 Å². The number of nitrogens with zero attached hydrogens (tertiary/aromatic N) is 1. The molecule has 4 N–H and O–H groups in total. The molecular formula is C20H18BrClF5N3O2S2. The lowest BCUT2D eigenvalue weighted by molar-refractivity contribution is -0.192. The number of hydrogen-bond donors (Lipinski definition) is 3. The number of aromatic nitrogens is 1. The Hall–Kier alpha value is -1.54. The van der Waals surface area contributed by atoms with Gasteiger partial charge in [-0.1, -0.05) is 17.7 Å². The van der Waals surface area contributed by atoms with Gasteiger partial charge in [0, 0.05) is 34.8 Å². The molecule has 2 atom stereocenters. The number of halogens is 7. The Morgan fingerprint density at radius 3 is 2.65 bits per heavy atom. The third-order valence-electron chi connectivity index (χ3n) is 5.07. The van der Waals surface area contributed by atoms with Crippen molar-refractivity contribution in [2.75, 3.05) is 5.32 Å². The maximum atomic E-state index is 14.7. The van der Waals surface area contributed by atoms with E-state index in [0.717, 1.165) is 10.4 Å². The highest BCUT2D eigenvalue weighted by Gasteiger charge is 2.48. The van der Waals surface area contributed by atoms with Crippen molar-refractivity contribution in [2.24, 2.45) is 5.73 Å². The molecule has 0 radical (unpaired) electrons. The molecule has 14 heteroatoms. The van der Waals surface area contributed by atoms with Crippen molar-refractivity contribution in [3.05, 3.63) is 43.0 Å². The number of rotatable bonds is 4. The van der Waals surface area contributed by atoms with Gasteiger partial charge in [-0.25, -0.2) is 18.6 Å². The van der Waals surface area contributed by atoms with Crippen LogP contribution in [0, 0.1) is 0 Å². The molecule has 1 aliphatic carbocycles. The van der Waals surface area contributed by atoms with Gasteiger partial charge < -0.3 is 16.2 Å². The summed E-state index contributed by atoms with van der Waals surface area (Å²) >= 11 is 12.7. The number of carbonyl (C=O) groups is 1. The molecule has 0 spiro atoms. The monoisotopic (exact) mass is 605 g/mol. The van der Waals surface area contributed by atoms with Crippen LogP contribution in [0.2, 0.25) is 5.15 Å². The summed E-state index contributed by atoms with van der Waals surface area (Å²) in [4.78, 5) is 15.0. The number of hydrogen-bond acceptors (Lipinski definition) is 6. The fourth-order valence-electron chi connectivity index (χ4n) is 3.55. The standard InChI is InChI=1S/C18H17BrClF2N3S2.C2HF3O2/c19-14-15-16(27-17(14)13-10(23)4-1-5-18(13,21)22)11(7-12(20)25-15)24-8-9-3-2-6-26-9;3-2(4,5)1(6)7/h2-3,6-7,10,13H,1,4-5,8,23H2,(H,24,25);(H,6,7)/t10-,13-;/m1./s1. The van der Waals surface area contributed by atoms with E-state index in [1.807, 2.05) is 17.5 Å². The number of pyridine rings is 1. The Labute approximate surface area is 212 Å². The van der Waals surface area contributed by atoms with Gasteiger partial charge in [0.05, 0.1) is 26.3 Å². The molecular weight excluding hydrogens is 589 g/mol. The van der Waals surface area contributed by atoms with Gasteiger partial charge in [-0.2, -0.15) is 13.2 Å². The predicted molar refractivity (Wildman–Crippen MR) is 127 cm³/mol. The van der Waals surface area contributed by atoms with Gasteiger partial charge in [0.15, 0.2) is 0 Å². The van der Waals surface area contributed by atoms with E-state index in [9.17, 15) is 22.0 Å². The quantitative estimate of drug-likeness (QED) is 0.215. The lowest BCUT2D eigenvalue weighted by Gasteiger charge is -2.35. The second-order valence-corrected chi connectivity index (χ2v) is 10.7. The van der Waals surface area contributed by atoms with Gasteiger partial charge in [0.25, 0.3) is 5.92 Å². The Morgan fingerprint density at radius 1 is 1.41 bits per heavy atom. The molecule has 1 saturated carbocycles. The minimum atomic E-state index is -5.08. The summed E-state index contributed by atoms with van der Waals surface area (Å²) in [6, 6.07) is 5.19. The number of thiophene rings is 2. The van der Waals surface area contributed by atoms with Crippen LogP contribution in [0.3, 0.4) is 0 Å². The number of aliphatic carboxylic acids is 1. The molecule has 5 nitrogen and oxygen atoms in total. The number of carboxylic acids is 1. The normalized spacial score (nSPS) is 20.0. The van der Waals surface area contributed by atoms with Crippen LogP contribution in [0.25, 0.3) is 10.2 Å². The van der Waals surface area contributed by atoms with Gasteiger partial charge in [0.1, 0.15) is 5.15 Å². The van der Waals surface area contributed by atoms with Crippen LogP contribution in [0.1, 0.15) is 34.9 Å². The number of anilines is 1. The van der Waals surface area contributed by atoms with Crippen molar-refractivity contribution in [1.29, 1.82) is 0 Å². The third-order valence-corrected chi connectivity index (χ3v) is 8.50. The molecule has 0 unspecified atom stereocenters. The van der Waals surface area contributed by atoms with E-state index in [2.05, 4.69) is 26.2 Å². The number of carboxylic acid groups (broad SMARTS) is 1. The topological polar surface area (TPSA) is 88.2 Å². The average Bonchev–Trinajstić information content (AvgIpc) is 3.34. The summed E-state index contributed by atoms with van der Waals surface area (Å²) in [6.45, 7) is 0.636. The molecule has 0 bridgehead atoms. The molecule has 0 aliphatic heterocycles. The molecule has 0 aromatic carbocycles. The second-order valence-electron chi connectivity index (χ2n) is 7.48. The first-order chi connectivity index (χ1) is 15.8. The summed E-state index contributed by atoms with van der Waals surface area (Å²) in [5.74, 6) is -6.59. The highest BCUT2D eigenvalue weighted by molar-refractivity contribution is 9.10. The van der Waals surface area contributed by atoms with Crippen LogP contribution in [-0.2, 0) is 11.3 Å². The van der Waals surface area contributed by atoms with Gasteiger partial charge in [-0.05, 0) is 40.2 Å². The Kier molecular flexibility index (Phi) is 8.44. The van der Waals surface area contributed by atoms with E-state index in [1.54, 1.807) is 17.4 Å². The molecule has 1 aliphatic rings. The van der Waals surface area contributed by atoms with E-state index in [4.69, 9.17) is 27.2 Å². The molecule has 0 amide bonds. The lowest BCUT2D eigenvalue weighted by Crippen LogP contribution is -2.43. The van der Waals surface area contributed by atoms with E-state index in [1.165, 1.54) is 16.2 Å². The maximum Gasteiger partial charge on any atom is 0.490 e. The van der Waals surface area contributed by atoms with Gasteiger partial charge in [-0.15, -0.1) is 22.7 Å². The van der Waals surface area contributed by atoms with Gasteiger partial charge in [-0.3, -0.25) is 0 Å². The fourth-order valence-corrected chi connectivity index (χ4v) is 6.66. The highest BCUT2D eigenvalue weighted by Crippen LogP contribution is 2.51. The average molecular weight is 607 g/mol. The summed E-state index contributed by atoms with van der Waals surface area (Å²) in [5.41, 5.74) is 7.51. The first-order valence-electron chi connectivity index (χ1n) is 9.79. The fraction of sp³-hybridized carbons (Fsp3) is 0.400. The van der Waals surface area contributed by atoms with Crippen molar-refractivity contribution in [3.8, 4) is 0 Å². The minimum Gasteiger partial charge on any atom is -0.475 e. The molecule has 186 valence electrons. The van der Waals surface area contributed by atoms with Crippen LogP contribution in [0.15, 0.2) is 28.1 Å². The van der Waals surface area contributed by atoms with Crippen molar-refractivity contribution < 1.29 is 31.9 Å². The first kappa shape index (κ1) is 27.1. The van der Waals surface area contributed by atoms with Gasteiger partial charge in [0.2, 0.25) is 0 Å². The van der Waals surface area contributed by atoms with E-state index < -0.39 is 30.0 Å². The van der Waals surface area contributed by atoms with Crippen molar-refractivity contribution in [2.45, 2.75) is 49.9 Å². The van der Waals surface area contributed by atoms with Crippen LogP contribution >= 0.6 is 50.2 Å². The molecule has 3 aromatic rings. The largest absolute Gasteiger partial charge is 0.490 e. The van der Waals surface area contributed by atoms with Crippen LogP contribution in [0.5, 0.6) is 0 Å². The van der Waals surface area contributed by atoms with Crippen molar-refractivity contribution >= 4 is 72.1 Å². The highest BCUT2D eigenvalue weighted by atomic mass is 79.9. The molecule has 0 saturated heterocycles. The zero-order valence-electron chi connectivity index (χ0n) is 17.1. The molecule has 1 fully saturated rings. The Morgan fingerprint density at radius 2 is 2.09 bits per heavy atom. The maximum absolute atomic E-state index is 14.7.